The number of cyclic esters (lactones) is 1. The van der Waals surface area contributed by atoms with Gasteiger partial charge in [0.25, 0.3) is 0 Å². The quantitative estimate of drug-likeness (QED) is 0.547. The van der Waals surface area contributed by atoms with Gasteiger partial charge in [0.05, 0.1) is 19.1 Å². The fourth-order valence-corrected chi connectivity index (χ4v) is 3.06. The van der Waals surface area contributed by atoms with Crippen LogP contribution in [-0.2, 0) is 14.3 Å². The van der Waals surface area contributed by atoms with Crippen LogP contribution in [0.25, 0.3) is 0 Å². The molecule has 4 unspecified atom stereocenters. The molecule has 1 rings (SSSR count). The second kappa shape index (κ2) is 9.86. The minimum atomic E-state index is -0.969. The van der Waals surface area contributed by atoms with Crippen molar-refractivity contribution in [2.75, 3.05) is 6.61 Å². The van der Waals surface area contributed by atoms with Gasteiger partial charge >= 0.3 is 5.97 Å². The fraction of sp³-hybridized carbons (Fsp3) is 0.789. The first-order chi connectivity index (χ1) is 10.8. The molecule has 23 heavy (non-hydrogen) atoms. The summed E-state index contributed by atoms with van der Waals surface area (Å²) >= 11 is 0. The highest BCUT2D eigenvalue weighted by atomic mass is 16.5. The van der Waals surface area contributed by atoms with Crippen molar-refractivity contribution in [3.8, 4) is 0 Å². The van der Waals surface area contributed by atoms with Gasteiger partial charge in [-0.25, -0.2) is 0 Å². The van der Waals surface area contributed by atoms with E-state index < -0.39 is 18.0 Å². The number of aliphatic hydroxyl groups excluding tert-OH is 1. The van der Waals surface area contributed by atoms with E-state index >= 15 is 0 Å². The Balaban J connectivity index is 2.80. The Morgan fingerprint density at radius 3 is 2.39 bits per heavy atom. The molecule has 4 nitrogen and oxygen atoms in total. The lowest BCUT2D eigenvalue weighted by molar-refractivity contribution is -0.147. The van der Waals surface area contributed by atoms with Crippen molar-refractivity contribution < 1.29 is 19.4 Å². The number of ether oxygens (including phenoxy) is 1. The van der Waals surface area contributed by atoms with Crippen LogP contribution in [0.2, 0.25) is 0 Å². The zero-order valence-electron chi connectivity index (χ0n) is 15.0. The van der Waals surface area contributed by atoms with Gasteiger partial charge in [0.1, 0.15) is 5.78 Å². The van der Waals surface area contributed by atoms with Gasteiger partial charge in [0.15, 0.2) is 0 Å². The smallest absolute Gasteiger partial charge is 0.308 e. The van der Waals surface area contributed by atoms with Crippen LogP contribution in [-0.4, -0.2) is 29.6 Å². The van der Waals surface area contributed by atoms with E-state index in [0.29, 0.717) is 18.9 Å². The van der Waals surface area contributed by atoms with Crippen molar-refractivity contribution >= 4 is 11.8 Å². The number of esters is 1. The largest absolute Gasteiger partial charge is 0.465 e. The van der Waals surface area contributed by atoms with Crippen molar-refractivity contribution in [1.82, 2.24) is 0 Å². The summed E-state index contributed by atoms with van der Waals surface area (Å²) in [4.78, 5) is 24.3. The Kier molecular flexibility index (Phi) is 8.53. The summed E-state index contributed by atoms with van der Waals surface area (Å²) in [7, 11) is 0. The van der Waals surface area contributed by atoms with Gasteiger partial charge in [0, 0.05) is 11.8 Å². The summed E-state index contributed by atoms with van der Waals surface area (Å²) in [5.41, 5.74) is 0. The molecule has 4 heteroatoms. The highest BCUT2D eigenvalue weighted by molar-refractivity contribution is 5.84. The first kappa shape index (κ1) is 19.9. The highest BCUT2D eigenvalue weighted by Gasteiger charge is 2.32. The van der Waals surface area contributed by atoms with Crippen LogP contribution in [0.4, 0.5) is 0 Å². The predicted octanol–water partition coefficient (Wildman–Crippen LogP) is 3.52. The van der Waals surface area contributed by atoms with E-state index in [1.807, 2.05) is 13.0 Å². The van der Waals surface area contributed by atoms with Crippen LogP contribution in [0.3, 0.4) is 0 Å². The summed E-state index contributed by atoms with van der Waals surface area (Å²) in [5.74, 6) is -0.331. The molecule has 0 saturated heterocycles. The van der Waals surface area contributed by atoms with Crippen molar-refractivity contribution in [3.63, 3.8) is 0 Å². The van der Waals surface area contributed by atoms with Crippen molar-refractivity contribution in [2.24, 2.45) is 23.7 Å². The number of aliphatic hydroxyl groups is 1. The lowest BCUT2D eigenvalue weighted by Crippen LogP contribution is -2.35. The van der Waals surface area contributed by atoms with E-state index in [2.05, 4.69) is 19.9 Å². The number of carbonyl (C=O) groups is 2. The van der Waals surface area contributed by atoms with E-state index in [-0.39, 0.29) is 24.0 Å². The monoisotopic (exact) mass is 324 g/mol. The number of rotatable bonds is 0. The van der Waals surface area contributed by atoms with Gasteiger partial charge in [-0.3, -0.25) is 9.59 Å². The Hall–Kier alpha value is -1.16. The Morgan fingerprint density at radius 1 is 1.04 bits per heavy atom. The zero-order chi connectivity index (χ0) is 17.4. The molecule has 132 valence electrons. The number of carbonyl (C=O) groups excluding carboxylic acids is 2. The first-order valence-electron chi connectivity index (χ1n) is 8.87. The van der Waals surface area contributed by atoms with Crippen LogP contribution in [0.1, 0.15) is 59.8 Å². The summed E-state index contributed by atoms with van der Waals surface area (Å²) in [6.07, 6.45) is 6.98. The molecule has 1 N–H and O–H groups in total. The lowest BCUT2D eigenvalue weighted by atomic mass is 9.76. The molecule has 0 aliphatic carbocycles. The third-order valence-electron chi connectivity index (χ3n) is 5.28. The molecule has 0 saturated carbocycles. The predicted molar refractivity (Wildman–Crippen MR) is 90.9 cm³/mol. The van der Waals surface area contributed by atoms with Gasteiger partial charge in [0.2, 0.25) is 0 Å². The molecule has 0 radical (unpaired) electrons. The van der Waals surface area contributed by atoms with Crippen LogP contribution in [0, 0.1) is 23.7 Å². The van der Waals surface area contributed by atoms with Gasteiger partial charge in [-0.05, 0) is 31.1 Å². The second-order valence-electron chi connectivity index (χ2n) is 7.00. The van der Waals surface area contributed by atoms with E-state index in [9.17, 15) is 14.7 Å². The van der Waals surface area contributed by atoms with Crippen LogP contribution in [0.5, 0.6) is 0 Å². The number of ketones is 1. The topological polar surface area (TPSA) is 63.6 Å². The molecule has 0 spiro atoms. The van der Waals surface area contributed by atoms with Gasteiger partial charge < -0.3 is 9.84 Å². The van der Waals surface area contributed by atoms with Crippen molar-refractivity contribution in [1.29, 1.82) is 0 Å². The minimum absolute atomic E-state index is 0.0386. The molecule has 1 aliphatic heterocycles. The van der Waals surface area contributed by atoms with Gasteiger partial charge in [-0.2, -0.15) is 0 Å². The molecule has 0 amide bonds. The van der Waals surface area contributed by atoms with Crippen LogP contribution in [0.15, 0.2) is 12.2 Å². The number of Topliss-reactive ketones (excluding diaryl/α,β-unsaturated/α-hetero) is 1. The van der Waals surface area contributed by atoms with Crippen molar-refractivity contribution in [3.05, 3.63) is 12.2 Å². The molecular weight excluding hydrogens is 292 g/mol. The zero-order valence-corrected chi connectivity index (χ0v) is 15.0. The second-order valence-corrected chi connectivity index (χ2v) is 7.00. The van der Waals surface area contributed by atoms with Gasteiger partial charge in [-0.1, -0.05) is 46.3 Å². The average molecular weight is 324 g/mol. The SMILES string of the molecule is CC1C(=O)C(C)[C@@H](C)C(C)CCC/C=C\CCOC(=O)CC1O. The minimum Gasteiger partial charge on any atom is -0.465 e. The lowest BCUT2D eigenvalue weighted by Gasteiger charge is -2.28. The molecule has 0 aromatic heterocycles. The Bertz CT molecular complexity index is 416. The summed E-state index contributed by atoms with van der Waals surface area (Å²) in [6.45, 7) is 8.28. The average Bonchev–Trinajstić information content (AvgIpc) is 2.53. The molecule has 5 atom stereocenters. The summed E-state index contributed by atoms with van der Waals surface area (Å²) in [5, 5.41) is 10.2. The molecule has 0 bridgehead atoms. The number of hydrogen-bond donors (Lipinski definition) is 1. The van der Waals surface area contributed by atoms with E-state index in [4.69, 9.17) is 4.74 Å². The number of allylic oxidation sites excluding steroid dienone is 1. The van der Waals surface area contributed by atoms with Crippen LogP contribution < -0.4 is 0 Å². The maximum Gasteiger partial charge on any atom is 0.308 e. The molecular formula is C19H32O4. The third-order valence-corrected chi connectivity index (χ3v) is 5.28. The maximum atomic E-state index is 12.6. The van der Waals surface area contributed by atoms with E-state index in [1.54, 1.807) is 6.92 Å². The summed E-state index contributed by atoms with van der Waals surface area (Å²) < 4.78 is 5.10. The molecule has 0 aromatic rings. The van der Waals surface area contributed by atoms with Gasteiger partial charge in [-0.15, -0.1) is 0 Å². The third kappa shape index (κ3) is 6.46. The molecule has 1 heterocycles. The Morgan fingerprint density at radius 2 is 1.70 bits per heavy atom. The van der Waals surface area contributed by atoms with E-state index in [0.717, 1.165) is 19.3 Å². The summed E-state index contributed by atoms with van der Waals surface area (Å²) in [6, 6.07) is 0. The van der Waals surface area contributed by atoms with Crippen LogP contribution >= 0.6 is 0 Å². The standard InChI is InChI=1S/C19H32O4/c1-13-10-8-6-5-7-9-11-23-18(21)12-17(20)16(4)19(22)15(3)14(13)2/h5,7,13-17,20H,6,8-12H2,1-4H3/b7-5-/t13?,14-,15?,16?,17?/m0/s1. The number of hydrogen-bond acceptors (Lipinski definition) is 4. The normalized spacial score (nSPS) is 37.2. The Labute approximate surface area is 140 Å². The van der Waals surface area contributed by atoms with E-state index in [1.165, 1.54) is 0 Å². The fourth-order valence-electron chi connectivity index (χ4n) is 3.06. The highest BCUT2D eigenvalue weighted by Crippen LogP contribution is 2.28. The first-order valence-corrected chi connectivity index (χ1v) is 8.87. The molecule has 0 fully saturated rings. The molecule has 1 aliphatic rings. The molecule has 0 aromatic carbocycles. The van der Waals surface area contributed by atoms with Crippen molar-refractivity contribution in [2.45, 2.75) is 65.9 Å². The maximum absolute atomic E-state index is 12.6.